The molecule has 1 aromatic rings. The van der Waals surface area contributed by atoms with Crippen molar-refractivity contribution in [3.05, 3.63) is 32.9 Å². The van der Waals surface area contributed by atoms with Crippen molar-refractivity contribution in [1.82, 2.24) is 4.90 Å². The Labute approximate surface area is 113 Å². The van der Waals surface area contributed by atoms with Gasteiger partial charge in [-0.1, -0.05) is 12.2 Å². The van der Waals surface area contributed by atoms with Gasteiger partial charge in [0.2, 0.25) is 5.91 Å². The molecule has 0 spiro atoms. The number of carbonyl (C=O) groups excluding carboxylic acids is 1. The van der Waals surface area contributed by atoms with Crippen molar-refractivity contribution in [1.29, 1.82) is 0 Å². The number of thiophene rings is 1. The summed E-state index contributed by atoms with van der Waals surface area (Å²) in [6.45, 7) is 0.661. The van der Waals surface area contributed by atoms with E-state index in [4.69, 9.17) is 5.73 Å². The molecule has 1 aromatic heterocycles. The van der Waals surface area contributed by atoms with Gasteiger partial charge >= 0.3 is 0 Å². The van der Waals surface area contributed by atoms with Gasteiger partial charge < -0.3 is 10.6 Å². The number of nitrogens with two attached hydrogens (primary N) is 1. The highest BCUT2D eigenvalue weighted by Crippen LogP contribution is 2.23. The molecule has 2 atom stereocenters. The zero-order valence-electron chi connectivity index (χ0n) is 9.60. The molecule has 1 amide bonds. The van der Waals surface area contributed by atoms with E-state index in [9.17, 15) is 4.79 Å². The van der Waals surface area contributed by atoms with Gasteiger partial charge in [-0.15, -0.1) is 11.3 Å². The lowest BCUT2D eigenvalue weighted by molar-refractivity contribution is -0.133. The highest BCUT2D eigenvalue weighted by molar-refractivity contribution is 9.10. The van der Waals surface area contributed by atoms with Crippen molar-refractivity contribution in [3.8, 4) is 0 Å². The van der Waals surface area contributed by atoms with E-state index in [1.165, 1.54) is 4.88 Å². The summed E-state index contributed by atoms with van der Waals surface area (Å²) in [5.41, 5.74) is 5.76. The molecule has 0 fully saturated rings. The molecule has 92 valence electrons. The average Bonchev–Trinajstić information content (AvgIpc) is 2.87. The Bertz CT molecular complexity index is 443. The molecule has 0 bridgehead atoms. The van der Waals surface area contributed by atoms with E-state index in [0.717, 1.165) is 10.9 Å². The Balaban J connectivity index is 1.94. The summed E-state index contributed by atoms with van der Waals surface area (Å²) in [7, 11) is 1.84. The van der Waals surface area contributed by atoms with Gasteiger partial charge in [0.05, 0.1) is 12.5 Å². The molecule has 1 aliphatic carbocycles. The third-order valence-corrected chi connectivity index (χ3v) is 4.51. The lowest BCUT2D eigenvalue weighted by Gasteiger charge is -2.19. The molecule has 2 N–H and O–H groups in total. The minimum absolute atomic E-state index is 0.0354. The molecule has 1 heterocycles. The predicted molar refractivity (Wildman–Crippen MR) is 73.7 cm³/mol. The fourth-order valence-corrected chi connectivity index (χ4v) is 3.45. The third kappa shape index (κ3) is 3.18. The smallest absolute Gasteiger partial charge is 0.229 e. The van der Waals surface area contributed by atoms with Gasteiger partial charge in [-0.2, -0.15) is 0 Å². The Hall–Kier alpha value is -0.650. The average molecular weight is 315 g/mol. The van der Waals surface area contributed by atoms with Gasteiger partial charge in [-0.3, -0.25) is 4.79 Å². The zero-order chi connectivity index (χ0) is 12.4. The first kappa shape index (κ1) is 12.8. The lowest BCUT2D eigenvalue weighted by atomic mass is 10.1. The normalized spacial score (nSPS) is 23.0. The van der Waals surface area contributed by atoms with Gasteiger partial charge in [0.1, 0.15) is 0 Å². The van der Waals surface area contributed by atoms with E-state index < -0.39 is 0 Å². The quantitative estimate of drug-likeness (QED) is 0.871. The lowest BCUT2D eigenvalue weighted by Crippen LogP contribution is -2.32. The van der Waals surface area contributed by atoms with Crippen LogP contribution in [0.15, 0.2) is 28.1 Å². The van der Waals surface area contributed by atoms with E-state index >= 15 is 0 Å². The molecule has 0 radical (unpaired) electrons. The number of carbonyl (C=O) groups is 1. The highest BCUT2D eigenvalue weighted by atomic mass is 79.9. The van der Waals surface area contributed by atoms with Crippen molar-refractivity contribution >= 4 is 33.2 Å². The van der Waals surface area contributed by atoms with Crippen molar-refractivity contribution < 1.29 is 4.79 Å². The summed E-state index contributed by atoms with van der Waals surface area (Å²) >= 11 is 5.07. The van der Waals surface area contributed by atoms with Crippen LogP contribution in [0.4, 0.5) is 0 Å². The molecule has 17 heavy (non-hydrogen) atoms. The van der Waals surface area contributed by atoms with Crippen LogP contribution in [-0.4, -0.2) is 23.9 Å². The zero-order valence-corrected chi connectivity index (χ0v) is 12.0. The summed E-state index contributed by atoms with van der Waals surface area (Å²) < 4.78 is 1.07. The van der Waals surface area contributed by atoms with Crippen LogP contribution >= 0.6 is 27.3 Å². The minimum Gasteiger partial charge on any atom is -0.340 e. The Kier molecular flexibility index (Phi) is 4.01. The monoisotopic (exact) mass is 314 g/mol. The molecular weight excluding hydrogens is 300 g/mol. The number of nitrogens with zero attached hydrogens (tertiary/aromatic N) is 1. The standard InChI is InChI=1S/C12H15BrN2OS/c1-15(6-11-5-9(13)7-17-11)12(16)8-2-3-10(14)4-8/h2-3,5,7-8,10H,4,6,14H2,1H3. The molecule has 2 unspecified atom stereocenters. The fourth-order valence-electron chi connectivity index (χ4n) is 1.94. The third-order valence-electron chi connectivity index (χ3n) is 2.82. The summed E-state index contributed by atoms with van der Waals surface area (Å²) in [6.07, 6.45) is 4.57. The number of amides is 1. The SMILES string of the molecule is CN(Cc1cc(Br)cs1)C(=O)C1C=CC(N)C1. The van der Waals surface area contributed by atoms with Gasteiger partial charge in [0.25, 0.3) is 0 Å². The summed E-state index contributed by atoms with van der Waals surface area (Å²) in [6, 6.07) is 2.08. The van der Waals surface area contributed by atoms with E-state index in [1.807, 2.05) is 30.6 Å². The molecule has 5 heteroatoms. The second-order valence-electron chi connectivity index (χ2n) is 4.32. The second-order valence-corrected chi connectivity index (χ2v) is 6.23. The predicted octanol–water partition coefficient (Wildman–Crippen LogP) is 2.37. The summed E-state index contributed by atoms with van der Waals surface area (Å²) in [5, 5.41) is 2.03. The van der Waals surface area contributed by atoms with E-state index in [-0.39, 0.29) is 17.9 Å². The summed E-state index contributed by atoms with van der Waals surface area (Å²) in [5.74, 6) is 0.108. The van der Waals surface area contributed by atoms with Crippen molar-refractivity contribution in [2.75, 3.05) is 7.05 Å². The number of hydrogen-bond donors (Lipinski definition) is 1. The van der Waals surface area contributed by atoms with E-state index in [0.29, 0.717) is 6.54 Å². The van der Waals surface area contributed by atoms with Crippen LogP contribution in [-0.2, 0) is 11.3 Å². The molecular formula is C12H15BrN2OS. The topological polar surface area (TPSA) is 46.3 Å². The van der Waals surface area contributed by atoms with Crippen LogP contribution in [0.1, 0.15) is 11.3 Å². The van der Waals surface area contributed by atoms with Crippen molar-refractivity contribution in [3.63, 3.8) is 0 Å². The van der Waals surface area contributed by atoms with Crippen LogP contribution in [0.5, 0.6) is 0 Å². The molecule has 1 aliphatic rings. The number of rotatable bonds is 3. The minimum atomic E-state index is -0.0431. The molecule has 2 rings (SSSR count). The molecule has 0 saturated heterocycles. The van der Waals surface area contributed by atoms with E-state index in [1.54, 1.807) is 16.2 Å². The largest absolute Gasteiger partial charge is 0.340 e. The maximum Gasteiger partial charge on any atom is 0.229 e. The number of hydrogen-bond acceptors (Lipinski definition) is 3. The Morgan fingerprint density at radius 3 is 2.94 bits per heavy atom. The van der Waals surface area contributed by atoms with Crippen LogP contribution in [0.3, 0.4) is 0 Å². The van der Waals surface area contributed by atoms with Crippen LogP contribution < -0.4 is 5.73 Å². The fraction of sp³-hybridized carbons (Fsp3) is 0.417. The highest BCUT2D eigenvalue weighted by Gasteiger charge is 2.25. The van der Waals surface area contributed by atoms with Gasteiger partial charge in [-0.25, -0.2) is 0 Å². The van der Waals surface area contributed by atoms with Crippen LogP contribution in [0.25, 0.3) is 0 Å². The first-order valence-electron chi connectivity index (χ1n) is 5.48. The van der Waals surface area contributed by atoms with Gasteiger partial charge in [-0.05, 0) is 28.4 Å². The molecule has 0 aliphatic heterocycles. The molecule has 0 aromatic carbocycles. The van der Waals surface area contributed by atoms with Crippen molar-refractivity contribution in [2.45, 2.75) is 19.0 Å². The Morgan fingerprint density at radius 1 is 1.65 bits per heavy atom. The Morgan fingerprint density at radius 2 is 2.41 bits per heavy atom. The van der Waals surface area contributed by atoms with E-state index in [2.05, 4.69) is 15.9 Å². The van der Waals surface area contributed by atoms with Crippen LogP contribution in [0.2, 0.25) is 0 Å². The van der Waals surface area contributed by atoms with Crippen molar-refractivity contribution in [2.24, 2.45) is 11.7 Å². The summed E-state index contributed by atoms with van der Waals surface area (Å²) in [4.78, 5) is 15.1. The first-order valence-corrected chi connectivity index (χ1v) is 7.15. The van der Waals surface area contributed by atoms with Gasteiger partial charge in [0, 0.05) is 27.8 Å². The first-order chi connectivity index (χ1) is 8.06. The molecule has 3 nitrogen and oxygen atoms in total. The number of halogens is 1. The maximum atomic E-state index is 12.1. The van der Waals surface area contributed by atoms with Gasteiger partial charge in [0.15, 0.2) is 0 Å². The molecule has 0 saturated carbocycles. The van der Waals surface area contributed by atoms with Crippen LogP contribution in [0, 0.1) is 5.92 Å². The maximum absolute atomic E-state index is 12.1. The second kappa shape index (κ2) is 5.33.